The summed E-state index contributed by atoms with van der Waals surface area (Å²) in [6.45, 7) is 0. The smallest absolute Gasteiger partial charge is 0.260 e. The Hall–Kier alpha value is -1.68. The van der Waals surface area contributed by atoms with E-state index in [0.29, 0.717) is 22.9 Å². The van der Waals surface area contributed by atoms with E-state index in [1.807, 2.05) is 0 Å². The molecule has 0 bridgehead atoms. The highest BCUT2D eigenvalue weighted by Gasteiger charge is 2.07. The third-order valence-corrected chi connectivity index (χ3v) is 1.95. The molecule has 4 nitrogen and oxygen atoms in total. The van der Waals surface area contributed by atoms with E-state index in [1.54, 1.807) is 6.07 Å². The lowest BCUT2D eigenvalue weighted by Gasteiger charge is -1.90. The molecule has 0 saturated heterocycles. The van der Waals surface area contributed by atoms with Gasteiger partial charge in [0.05, 0.1) is 0 Å². The number of aromatic nitrogens is 1. The lowest BCUT2D eigenvalue weighted by atomic mass is 10.2. The Balaban J connectivity index is 2.65. The fourth-order valence-electron chi connectivity index (χ4n) is 1.12. The lowest BCUT2D eigenvalue weighted by Crippen LogP contribution is -1.87. The van der Waals surface area contributed by atoms with Crippen molar-refractivity contribution in [2.75, 3.05) is 0 Å². The van der Waals surface area contributed by atoms with Crippen molar-refractivity contribution >= 4 is 34.2 Å². The van der Waals surface area contributed by atoms with Crippen molar-refractivity contribution in [3.63, 3.8) is 0 Å². The SMILES string of the molecule is O=Cc1nc2cc(C(=O)Cl)ccc2o1. The minimum absolute atomic E-state index is 0.0147. The maximum absolute atomic E-state index is 10.8. The van der Waals surface area contributed by atoms with Gasteiger partial charge >= 0.3 is 0 Å². The standard InChI is InChI=1S/C9H4ClNO3/c10-9(13)5-1-2-7-6(3-5)11-8(4-12)14-7/h1-4H. The van der Waals surface area contributed by atoms with Crippen LogP contribution < -0.4 is 0 Å². The molecule has 0 fully saturated rings. The Morgan fingerprint density at radius 1 is 1.50 bits per heavy atom. The monoisotopic (exact) mass is 209 g/mol. The van der Waals surface area contributed by atoms with Gasteiger partial charge in [0.1, 0.15) is 5.52 Å². The molecule has 1 aromatic carbocycles. The second-order valence-electron chi connectivity index (χ2n) is 2.63. The minimum atomic E-state index is -0.567. The number of nitrogens with zero attached hydrogens (tertiary/aromatic N) is 1. The van der Waals surface area contributed by atoms with Crippen molar-refractivity contribution < 1.29 is 14.0 Å². The van der Waals surface area contributed by atoms with Crippen LogP contribution in [-0.4, -0.2) is 16.5 Å². The van der Waals surface area contributed by atoms with Crippen molar-refractivity contribution in [1.82, 2.24) is 4.98 Å². The van der Waals surface area contributed by atoms with Crippen LogP contribution in [0.5, 0.6) is 0 Å². The molecule has 0 aliphatic heterocycles. The molecule has 0 saturated carbocycles. The number of oxazole rings is 1. The molecule has 0 unspecified atom stereocenters. The van der Waals surface area contributed by atoms with Crippen LogP contribution in [0.25, 0.3) is 11.1 Å². The van der Waals surface area contributed by atoms with Gasteiger partial charge in [0.2, 0.25) is 6.29 Å². The summed E-state index contributed by atoms with van der Waals surface area (Å²) in [5.41, 5.74) is 1.22. The molecular formula is C9H4ClNO3. The van der Waals surface area contributed by atoms with Gasteiger partial charge in [0, 0.05) is 5.56 Å². The highest BCUT2D eigenvalue weighted by Crippen LogP contribution is 2.17. The minimum Gasteiger partial charge on any atom is -0.434 e. The molecular weight excluding hydrogens is 206 g/mol. The van der Waals surface area contributed by atoms with Crippen LogP contribution in [0.4, 0.5) is 0 Å². The molecule has 1 aromatic heterocycles. The molecule has 0 spiro atoms. The van der Waals surface area contributed by atoms with Gasteiger partial charge < -0.3 is 4.42 Å². The van der Waals surface area contributed by atoms with Crippen LogP contribution in [0, 0.1) is 0 Å². The Morgan fingerprint density at radius 3 is 2.93 bits per heavy atom. The average Bonchev–Trinajstić information content (AvgIpc) is 2.58. The number of aldehydes is 1. The zero-order chi connectivity index (χ0) is 10.1. The second kappa shape index (κ2) is 3.23. The third kappa shape index (κ3) is 1.40. The zero-order valence-electron chi connectivity index (χ0n) is 6.86. The Kier molecular flexibility index (Phi) is 2.05. The maximum atomic E-state index is 10.8. The summed E-state index contributed by atoms with van der Waals surface area (Å²) in [7, 11) is 0. The fourth-order valence-corrected chi connectivity index (χ4v) is 1.24. The van der Waals surface area contributed by atoms with Crippen LogP contribution in [0.1, 0.15) is 21.0 Å². The van der Waals surface area contributed by atoms with Gasteiger partial charge in [0.25, 0.3) is 11.1 Å². The number of hydrogen-bond acceptors (Lipinski definition) is 4. The van der Waals surface area contributed by atoms with Gasteiger partial charge in [-0.15, -0.1) is 0 Å². The van der Waals surface area contributed by atoms with E-state index in [2.05, 4.69) is 4.98 Å². The van der Waals surface area contributed by atoms with Crippen LogP contribution in [-0.2, 0) is 0 Å². The van der Waals surface area contributed by atoms with E-state index < -0.39 is 5.24 Å². The average molecular weight is 210 g/mol. The first-order valence-corrected chi connectivity index (χ1v) is 4.14. The molecule has 14 heavy (non-hydrogen) atoms. The Bertz CT molecular complexity index is 518. The van der Waals surface area contributed by atoms with Crippen molar-refractivity contribution in [2.24, 2.45) is 0 Å². The Morgan fingerprint density at radius 2 is 2.29 bits per heavy atom. The van der Waals surface area contributed by atoms with Crippen molar-refractivity contribution in [2.45, 2.75) is 0 Å². The number of fused-ring (bicyclic) bond motifs is 1. The topological polar surface area (TPSA) is 60.2 Å². The summed E-state index contributed by atoms with van der Waals surface area (Å²) in [4.78, 5) is 25.0. The van der Waals surface area contributed by atoms with E-state index in [1.165, 1.54) is 12.1 Å². The third-order valence-electron chi connectivity index (χ3n) is 1.73. The molecule has 2 aromatic rings. The number of halogens is 1. The summed E-state index contributed by atoms with van der Waals surface area (Å²) >= 11 is 5.28. The second-order valence-corrected chi connectivity index (χ2v) is 2.97. The van der Waals surface area contributed by atoms with E-state index in [0.717, 1.165) is 0 Å². The highest BCUT2D eigenvalue weighted by atomic mass is 35.5. The fraction of sp³-hybridized carbons (Fsp3) is 0. The molecule has 0 aliphatic rings. The summed E-state index contributed by atoms with van der Waals surface area (Å²) in [6, 6.07) is 4.53. The molecule has 5 heteroatoms. The van der Waals surface area contributed by atoms with E-state index >= 15 is 0 Å². The Labute approximate surface area is 83.5 Å². The summed E-state index contributed by atoms with van der Waals surface area (Å²) in [5, 5.41) is -0.567. The van der Waals surface area contributed by atoms with Crippen molar-refractivity contribution in [3.8, 4) is 0 Å². The predicted octanol–water partition coefficient (Wildman–Crippen LogP) is 2.02. The number of rotatable bonds is 2. The van der Waals surface area contributed by atoms with Gasteiger partial charge in [-0.25, -0.2) is 4.98 Å². The highest BCUT2D eigenvalue weighted by molar-refractivity contribution is 6.67. The zero-order valence-corrected chi connectivity index (χ0v) is 7.62. The van der Waals surface area contributed by atoms with Crippen LogP contribution in [0.2, 0.25) is 0 Å². The first-order valence-electron chi connectivity index (χ1n) is 3.76. The molecule has 1 heterocycles. The van der Waals surface area contributed by atoms with Gasteiger partial charge in [-0.3, -0.25) is 9.59 Å². The molecule has 0 amide bonds. The van der Waals surface area contributed by atoms with Crippen molar-refractivity contribution in [1.29, 1.82) is 0 Å². The molecule has 2 rings (SSSR count). The molecule has 0 radical (unpaired) electrons. The number of benzene rings is 1. The molecule has 70 valence electrons. The van der Waals surface area contributed by atoms with Gasteiger partial charge in [-0.2, -0.15) is 0 Å². The predicted molar refractivity (Wildman–Crippen MR) is 49.6 cm³/mol. The summed E-state index contributed by atoms with van der Waals surface area (Å²) in [6.07, 6.45) is 0.502. The summed E-state index contributed by atoms with van der Waals surface area (Å²) < 4.78 is 5.02. The molecule has 0 aliphatic carbocycles. The maximum Gasteiger partial charge on any atom is 0.260 e. The normalized spacial score (nSPS) is 10.4. The first-order chi connectivity index (χ1) is 6.70. The van der Waals surface area contributed by atoms with Gasteiger partial charge in [-0.1, -0.05) is 0 Å². The van der Waals surface area contributed by atoms with Gasteiger partial charge in [0.15, 0.2) is 5.58 Å². The van der Waals surface area contributed by atoms with E-state index in [9.17, 15) is 9.59 Å². The quantitative estimate of drug-likeness (QED) is 0.561. The largest absolute Gasteiger partial charge is 0.434 e. The van der Waals surface area contributed by atoms with Gasteiger partial charge in [-0.05, 0) is 29.8 Å². The number of carbonyl (C=O) groups is 2. The van der Waals surface area contributed by atoms with Crippen molar-refractivity contribution in [3.05, 3.63) is 29.7 Å². The number of carbonyl (C=O) groups excluding carboxylic acids is 2. The van der Waals surface area contributed by atoms with E-state index in [4.69, 9.17) is 16.0 Å². The molecule has 0 N–H and O–H groups in total. The van der Waals surface area contributed by atoms with E-state index in [-0.39, 0.29) is 5.89 Å². The van der Waals surface area contributed by atoms with Crippen LogP contribution >= 0.6 is 11.6 Å². The lowest BCUT2D eigenvalue weighted by molar-refractivity contribution is 0.107. The number of hydrogen-bond donors (Lipinski definition) is 0. The summed E-state index contributed by atoms with van der Waals surface area (Å²) in [5.74, 6) is -0.0147. The first kappa shape index (κ1) is 8.90. The van der Waals surface area contributed by atoms with Crippen LogP contribution in [0.3, 0.4) is 0 Å². The molecule has 0 atom stereocenters. The van der Waals surface area contributed by atoms with Crippen LogP contribution in [0.15, 0.2) is 22.6 Å².